The number of benzene rings is 2. The lowest BCUT2D eigenvalue weighted by atomic mass is 10.1. The predicted octanol–water partition coefficient (Wildman–Crippen LogP) is 4.01. The van der Waals surface area contributed by atoms with Gasteiger partial charge in [0, 0.05) is 12.0 Å². The van der Waals surface area contributed by atoms with Crippen LogP contribution in [0.15, 0.2) is 48.5 Å². The van der Waals surface area contributed by atoms with E-state index in [0.29, 0.717) is 5.56 Å². The summed E-state index contributed by atoms with van der Waals surface area (Å²) in [7, 11) is 0. The molecule has 0 saturated heterocycles. The van der Waals surface area contributed by atoms with Crippen LogP contribution in [-0.4, -0.2) is 15.3 Å². The molecule has 4 heteroatoms. The highest BCUT2D eigenvalue weighted by Crippen LogP contribution is 2.18. The van der Waals surface area contributed by atoms with Crippen molar-refractivity contribution in [2.24, 2.45) is 0 Å². The van der Waals surface area contributed by atoms with Crippen molar-refractivity contribution in [2.45, 2.75) is 26.3 Å². The van der Waals surface area contributed by atoms with Crippen LogP contribution in [0.5, 0.6) is 0 Å². The largest absolute Gasteiger partial charge is 0.320 e. The maximum absolute atomic E-state index is 13.0. The fourth-order valence-corrected chi connectivity index (χ4v) is 2.59. The van der Waals surface area contributed by atoms with E-state index >= 15 is 0 Å². The highest BCUT2D eigenvalue weighted by Gasteiger charge is 2.14. The van der Waals surface area contributed by atoms with Crippen LogP contribution < -0.4 is 0 Å². The van der Waals surface area contributed by atoms with Crippen molar-refractivity contribution in [3.05, 3.63) is 65.7 Å². The van der Waals surface area contributed by atoms with E-state index in [9.17, 15) is 9.18 Å². The number of aromatic nitrogens is 2. The summed E-state index contributed by atoms with van der Waals surface area (Å²) in [5, 5.41) is 0. The lowest BCUT2D eigenvalue weighted by molar-refractivity contribution is 0.0972. The minimum Gasteiger partial charge on any atom is -0.320 e. The molecule has 0 saturated carbocycles. The third-order valence-electron chi connectivity index (χ3n) is 3.68. The molecule has 22 heavy (non-hydrogen) atoms. The lowest BCUT2D eigenvalue weighted by Gasteiger charge is -2.08. The van der Waals surface area contributed by atoms with E-state index in [1.165, 1.54) is 24.3 Å². The monoisotopic (exact) mass is 296 g/mol. The van der Waals surface area contributed by atoms with E-state index < -0.39 is 0 Å². The van der Waals surface area contributed by atoms with Crippen molar-refractivity contribution in [1.82, 2.24) is 9.55 Å². The molecule has 0 aliphatic carbocycles. The number of rotatable bonds is 5. The van der Waals surface area contributed by atoms with Crippen LogP contribution in [-0.2, 0) is 13.0 Å². The third kappa shape index (κ3) is 2.77. The zero-order valence-electron chi connectivity index (χ0n) is 12.4. The van der Waals surface area contributed by atoms with Gasteiger partial charge in [0.1, 0.15) is 11.6 Å². The van der Waals surface area contributed by atoms with E-state index in [1.54, 1.807) is 0 Å². The highest BCUT2D eigenvalue weighted by molar-refractivity contribution is 5.96. The molecule has 0 bridgehead atoms. The van der Waals surface area contributed by atoms with Crippen LogP contribution in [0.2, 0.25) is 0 Å². The summed E-state index contributed by atoms with van der Waals surface area (Å²) in [5.41, 5.74) is 2.38. The molecular formula is C18H17FN2O. The van der Waals surface area contributed by atoms with Gasteiger partial charge < -0.3 is 4.57 Å². The van der Waals surface area contributed by atoms with Gasteiger partial charge in [-0.3, -0.25) is 4.79 Å². The summed E-state index contributed by atoms with van der Waals surface area (Å²) < 4.78 is 14.9. The Morgan fingerprint density at radius 2 is 1.86 bits per heavy atom. The zero-order chi connectivity index (χ0) is 15.5. The Labute approximate surface area is 128 Å². The molecule has 0 radical (unpaired) electrons. The van der Waals surface area contributed by atoms with Gasteiger partial charge in [-0.05, 0) is 42.8 Å². The zero-order valence-corrected chi connectivity index (χ0v) is 12.4. The molecule has 1 heterocycles. The maximum atomic E-state index is 13.0. The first-order valence-corrected chi connectivity index (χ1v) is 7.42. The smallest absolute Gasteiger partial charge is 0.182 e. The van der Waals surface area contributed by atoms with Gasteiger partial charge in [0.2, 0.25) is 0 Å². The maximum Gasteiger partial charge on any atom is 0.182 e. The standard InChI is InChI=1S/C18H17FN2O/c1-2-5-18-20-15-6-3-4-7-16(15)21(18)12-17(22)13-8-10-14(19)11-9-13/h3-4,6-11H,2,5,12H2,1H3. The Kier molecular flexibility index (Phi) is 4.00. The van der Waals surface area contributed by atoms with Gasteiger partial charge in [-0.15, -0.1) is 0 Å². The molecule has 0 aliphatic rings. The van der Waals surface area contributed by atoms with Crippen LogP contribution in [0.25, 0.3) is 11.0 Å². The summed E-state index contributed by atoms with van der Waals surface area (Å²) in [6.07, 6.45) is 1.79. The van der Waals surface area contributed by atoms with Crippen molar-refractivity contribution in [3.63, 3.8) is 0 Å². The lowest BCUT2D eigenvalue weighted by Crippen LogP contribution is -2.13. The van der Waals surface area contributed by atoms with Gasteiger partial charge in [-0.2, -0.15) is 0 Å². The first-order chi connectivity index (χ1) is 10.7. The molecule has 0 fully saturated rings. The average Bonchev–Trinajstić information content (AvgIpc) is 2.86. The number of hydrogen-bond donors (Lipinski definition) is 0. The van der Waals surface area contributed by atoms with Crippen molar-refractivity contribution in [3.8, 4) is 0 Å². The molecule has 2 aromatic carbocycles. The van der Waals surface area contributed by atoms with E-state index in [2.05, 4.69) is 11.9 Å². The number of hydrogen-bond acceptors (Lipinski definition) is 2. The van der Waals surface area contributed by atoms with E-state index in [0.717, 1.165) is 29.7 Å². The number of Topliss-reactive ketones (excluding diaryl/α,β-unsaturated/α-hetero) is 1. The van der Waals surface area contributed by atoms with E-state index in [1.807, 2.05) is 28.8 Å². The quantitative estimate of drug-likeness (QED) is 0.667. The topological polar surface area (TPSA) is 34.9 Å². The van der Waals surface area contributed by atoms with Crippen molar-refractivity contribution < 1.29 is 9.18 Å². The number of aryl methyl sites for hydroxylation is 1. The highest BCUT2D eigenvalue weighted by atomic mass is 19.1. The van der Waals surface area contributed by atoms with Crippen molar-refractivity contribution >= 4 is 16.8 Å². The van der Waals surface area contributed by atoms with Gasteiger partial charge in [-0.1, -0.05) is 19.1 Å². The predicted molar refractivity (Wildman–Crippen MR) is 84.5 cm³/mol. The Morgan fingerprint density at radius 3 is 2.59 bits per heavy atom. The number of nitrogens with zero attached hydrogens (tertiary/aromatic N) is 2. The van der Waals surface area contributed by atoms with Gasteiger partial charge >= 0.3 is 0 Å². The Balaban J connectivity index is 1.96. The van der Waals surface area contributed by atoms with Gasteiger partial charge in [-0.25, -0.2) is 9.37 Å². The molecule has 0 amide bonds. The molecule has 3 nitrogen and oxygen atoms in total. The molecule has 0 spiro atoms. The second-order valence-electron chi connectivity index (χ2n) is 5.28. The number of ketones is 1. The van der Waals surface area contributed by atoms with Crippen molar-refractivity contribution in [1.29, 1.82) is 0 Å². The molecule has 3 rings (SSSR count). The normalized spacial score (nSPS) is 11.0. The molecule has 3 aromatic rings. The average molecular weight is 296 g/mol. The van der Waals surface area contributed by atoms with Crippen LogP contribution in [0.1, 0.15) is 29.5 Å². The van der Waals surface area contributed by atoms with Gasteiger partial charge in [0.25, 0.3) is 0 Å². The fourth-order valence-electron chi connectivity index (χ4n) is 2.59. The summed E-state index contributed by atoms with van der Waals surface area (Å²) in [5.74, 6) is 0.538. The van der Waals surface area contributed by atoms with E-state index in [4.69, 9.17) is 0 Å². The molecule has 112 valence electrons. The summed E-state index contributed by atoms with van der Waals surface area (Å²) in [6, 6.07) is 13.5. The Bertz CT molecular complexity index is 806. The Morgan fingerprint density at radius 1 is 1.14 bits per heavy atom. The first kappa shape index (κ1) is 14.4. The molecule has 0 unspecified atom stereocenters. The molecule has 0 atom stereocenters. The SMILES string of the molecule is CCCc1nc2ccccc2n1CC(=O)c1ccc(F)cc1. The van der Waals surface area contributed by atoms with Crippen LogP contribution in [0.3, 0.4) is 0 Å². The number of carbonyl (C=O) groups excluding carboxylic acids is 1. The van der Waals surface area contributed by atoms with Gasteiger partial charge in [0.15, 0.2) is 5.78 Å². The minimum absolute atomic E-state index is 0.0412. The Hall–Kier alpha value is -2.49. The molecule has 0 N–H and O–H groups in total. The molecule has 0 aliphatic heterocycles. The molecule has 1 aromatic heterocycles. The van der Waals surface area contributed by atoms with E-state index in [-0.39, 0.29) is 18.1 Å². The second-order valence-corrected chi connectivity index (χ2v) is 5.28. The van der Waals surface area contributed by atoms with Crippen LogP contribution >= 0.6 is 0 Å². The van der Waals surface area contributed by atoms with Crippen LogP contribution in [0, 0.1) is 5.82 Å². The summed E-state index contributed by atoms with van der Waals surface area (Å²) in [4.78, 5) is 17.1. The number of carbonyl (C=O) groups is 1. The number of imidazole rings is 1. The summed E-state index contributed by atoms with van der Waals surface area (Å²) >= 11 is 0. The van der Waals surface area contributed by atoms with Crippen molar-refractivity contribution in [2.75, 3.05) is 0 Å². The molecular weight excluding hydrogens is 279 g/mol. The van der Waals surface area contributed by atoms with Gasteiger partial charge in [0.05, 0.1) is 17.6 Å². The minimum atomic E-state index is -0.337. The fraction of sp³-hybridized carbons (Fsp3) is 0.222. The number of para-hydroxylation sites is 2. The second kappa shape index (κ2) is 6.10. The number of fused-ring (bicyclic) bond motifs is 1. The van der Waals surface area contributed by atoms with Crippen LogP contribution in [0.4, 0.5) is 4.39 Å². The number of halogens is 1. The first-order valence-electron chi connectivity index (χ1n) is 7.42. The third-order valence-corrected chi connectivity index (χ3v) is 3.68. The summed E-state index contributed by atoms with van der Waals surface area (Å²) in [6.45, 7) is 2.31.